The third kappa shape index (κ3) is 4.50. The summed E-state index contributed by atoms with van der Waals surface area (Å²) in [6.45, 7) is -0.210. The largest absolute Gasteiger partial charge is 0.497 e. The molecule has 0 spiro atoms. The summed E-state index contributed by atoms with van der Waals surface area (Å²) in [5.74, 6) is 1.27. The van der Waals surface area contributed by atoms with E-state index in [1.165, 1.54) is 12.1 Å². The lowest BCUT2D eigenvalue weighted by atomic mass is 10.0. The molecule has 0 saturated heterocycles. The van der Waals surface area contributed by atoms with E-state index in [-0.39, 0.29) is 18.6 Å². The van der Waals surface area contributed by atoms with Crippen molar-refractivity contribution in [3.05, 3.63) is 76.0 Å². The van der Waals surface area contributed by atoms with Crippen LogP contribution in [0.1, 0.15) is 33.3 Å². The van der Waals surface area contributed by atoms with E-state index >= 15 is 0 Å². The molecule has 32 heavy (non-hydrogen) atoms. The Labute approximate surface area is 189 Å². The van der Waals surface area contributed by atoms with E-state index in [4.69, 9.17) is 14.2 Å². The topological polar surface area (TPSA) is 77.4 Å². The number of carbonyl (C=O) groups excluding carboxylic acids is 2. The number of thiophene rings is 1. The molecule has 2 heterocycles. The summed E-state index contributed by atoms with van der Waals surface area (Å²) in [5.41, 5.74) is 2.23. The molecule has 4 rings (SSSR count). The van der Waals surface area contributed by atoms with Gasteiger partial charge in [-0.3, -0.25) is 9.59 Å². The summed E-state index contributed by atoms with van der Waals surface area (Å²) in [5, 5.41) is 8.13. The molecule has 0 aliphatic carbocycles. The van der Waals surface area contributed by atoms with Crippen LogP contribution in [-0.4, -0.2) is 43.7 Å². The first-order chi connectivity index (χ1) is 15.6. The number of ether oxygens (including phenoxy) is 3. The van der Waals surface area contributed by atoms with E-state index < -0.39 is 0 Å². The second-order valence-corrected chi connectivity index (χ2v) is 8.04. The number of hydrogen-bond donors (Lipinski definition) is 0. The molecule has 1 aromatic heterocycles. The van der Waals surface area contributed by atoms with Crippen molar-refractivity contribution in [1.82, 2.24) is 5.01 Å². The molecule has 8 heteroatoms. The molecule has 0 saturated carbocycles. The summed E-state index contributed by atoms with van der Waals surface area (Å²) < 4.78 is 16.2. The molecule has 164 valence electrons. The van der Waals surface area contributed by atoms with Gasteiger partial charge in [0.05, 0.1) is 26.0 Å². The van der Waals surface area contributed by atoms with Crippen LogP contribution in [0, 0.1) is 0 Å². The van der Waals surface area contributed by atoms with E-state index in [1.54, 1.807) is 36.6 Å². The van der Waals surface area contributed by atoms with Crippen molar-refractivity contribution in [2.75, 3.05) is 20.8 Å². The monoisotopic (exact) mass is 450 g/mol. The van der Waals surface area contributed by atoms with Crippen LogP contribution in [0.3, 0.4) is 0 Å². The molecule has 2 aromatic carbocycles. The first-order valence-electron chi connectivity index (χ1n) is 9.96. The highest BCUT2D eigenvalue weighted by atomic mass is 32.1. The Morgan fingerprint density at radius 3 is 2.59 bits per heavy atom. The fourth-order valence-electron chi connectivity index (χ4n) is 3.48. The normalized spacial score (nSPS) is 15.2. The van der Waals surface area contributed by atoms with Gasteiger partial charge in [0, 0.05) is 16.9 Å². The SMILES string of the molecule is COc1ccc(C2=NN(C(=O)COc3ccc(C=O)cc3OC)C(c3cccs3)C2)cc1. The van der Waals surface area contributed by atoms with Crippen molar-refractivity contribution in [1.29, 1.82) is 0 Å². The van der Waals surface area contributed by atoms with Crippen molar-refractivity contribution in [2.24, 2.45) is 5.10 Å². The molecule has 1 unspecified atom stereocenters. The Hall–Kier alpha value is -3.65. The van der Waals surface area contributed by atoms with Gasteiger partial charge in [-0.1, -0.05) is 6.07 Å². The Kier molecular flexibility index (Phi) is 6.51. The molecule has 1 aliphatic rings. The van der Waals surface area contributed by atoms with Crippen molar-refractivity contribution in [2.45, 2.75) is 12.5 Å². The number of carbonyl (C=O) groups is 2. The second kappa shape index (κ2) is 9.65. The van der Waals surface area contributed by atoms with E-state index in [0.29, 0.717) is 23.5 Å². The van der Waals surface area contributed by atoms with Crippen molar-refractivity contribution in [3.8, 4) is 17.2 Å². The van der Waals surface area contributed by atoms with Crippen LogP contribution in [0.5, 0.6) is 17.2 Å². The quantitative estimate of drug-likeness (QED) is 0.477. The van der Waals surface area contributed by atoms with E-state index in [2.05, 4.69) is 5.10 Å². The average Bonchev–Trinajstić information content (AvgIpc) is 3.52. The maximum Gasteiger partial charge on any atom is 0.281 e. The lowest BCUT2D eigenvalue weighted by molar-refractivity contribution is -0.135. The summed E-state index contributed by atoms with van der Waals surface area (Å²) >= 11 is 1.59. The standard InChI is InChI=1S/C24H22N2O5S/c1-29-18-8-6-17(7-9-18)19-13-20(23-4-3-11-32-23)26(25-19)24(28)15-31-21-10-5-16(14-27)12-22(21)30-2/h3-12,14,20H,13,15H2,1-2H3. The molecular weight excluding hydrogens is 428 g/mol. The number of amides is 1. The maximum absolute atomic E-state index is 13.1. The minimum Gasteiger partial charge on any atom is -0.497 e. The zero-order valence-electron chi connectivity index (χ0n) is 17.7. The van der Waals surface area contributed by atoms with E-state index in [1.807, 2.05) is 41.8 Å². The molecular formula is C24H22N2O5S. The fraction of sp³-hybridized carbons (Fsp3) is 0.208. The predicted octanol–water partition coefficient (Wildman–Crippen LogP) is 4.33. The number of aldehydes is 1. The number of hydrazone groups is 1. The van der Waals surface area contributed by atoms with Gasteiger partial charge in [0.15, 0.2) is 18.1 Å². The van der Waals surface area contributed by atoms with Gasteiger partial charge >= 0.3 is 0 Å². The van der Waals surface area contributed by atoms with E-state index in [0.717, 1.165) is 28.2 Å². The van der Waals surface area contributed by atoms with Crippen LogP contribution in [0.25, 0.3) is 0 Å². The molecule has 0 radical (unpaired) electrons. The third-order valence-electron chi connectivity index (χ3n) is 5.14. The van der Waals surface area contributed by atoms with Gasteiger partial charge in [-0.05, 0) is 59.5 Å². The number of methoxy groups -OCH3 is 2. The lowest BCUT2D eigenvalue weighted by Crippen LogP contribution is -2.31. The molecule has 1 aliphatic heterocycles. The van der Waals surface area contributed by atoms with Crippen LogP contribution < -0.4 is 14.2 Å². The zero-order chi connectivity index (χ0) is 22.5. The number of hydrogen-bond acceptors (Lipinski definition) is 7. The Morgan fingerprint density at radius 1 is 1.12 bits per heavy atom. The Balaban J connectivity index is 1.55. The van der Waals surface area contributed by atoms with Crippen molar-refractivity contribution in [3.63, 3.8) is 0 Å². The predicted molar refractivity (Wildman–Crippen MR) is 122 cm³/mol. The molecule has 0 bridgehead atoms. The van der Waals surface area contributed by atoms with Gasteiger partial charge in [0.1, 0.15) is 12.0 Å². The third-order valence-corrected chi connectivity index (χ3v) is 6.11. The molecule has 0 N–H and O–H groups in total. The van der Waals surface area contributed by atoms with E-state index in [9.17, 15) is 9.59 Å². The average molecular weight is 451 g/mol. The molecule has 1 amide bonds. The maximum atomic E-state index is 13.1. The lowest BCUT2D eigenvalue weighted by Gasteiger charge is -2.21. The van der Waals surface area contributed by atoms with Crippen LogP contribution in [0.2, 0.25) is 0 Å². The second-order valence-electron chi connectivity index (χ2n) is 7.07. The van der Waals surface area contributed by atoms with Gasteiger partial charge in [0.2, 0.25) is 0 Å². The zero-order valence-corrected chi connectivity index (χ0v) is 18.5. The highest BCUT2D eigenvalue weighted by Gasteiger charge is 2.34. The molecule has 1 atom stereocenters. The molecule has 0 fully saturated rings. The summed E-state index contributed by atoms with van der Waals surface area (Å²) in [6.07, 6.45) is 1.33. The fourth-order valence-corrected chi connectivity index (χ4v) is 4.29. The minimum atomic E-state index is -0.270. The summed E-state index contributed by atoms with van der Waals surface area (Å²) in [6, 6.07) is 16.2. The Bertz CT molecular complexity index is 1130. The van der Waals surface area contributed by atoms with Crippen LogP contribution in [0.4, 0.5) is 0 Å². The number of nitrogens with zero attached hydrogens (tertiary/aromatic N) is 2. The number of rotatable bonds is 8. The van der Waals surface area contributed by atoms with Crippen LogP contribution >= 0.6 is 11.3 Å². The Morgan fingerprint density at radius 2 is 1.94 bits per heavy atom. The minimum absolute atomic E-state index is 0.192. The first-order valence-corrected chi connectivity index (χ1v) is 10.8. The van der Waals surface area contributed by atoms with Crippen molar-refractivity contribution < 1.29 is 23.8 Å². The van der Waals surface area contributed by atoms with Crippen LogP contribution in [0.15, 0.2) is 65.1 Å². The highest BCUT2D eigenvalue weighted by Crippen LogP contribution is 2.36. The summed E-state index contributed by atoms with van der Waals surface area (Å²) in [4.78, 5) is 25.1. The summed E-state index contributed by atoms with van der Waals surface area (Å²) in [7, 11) is 3.11. The molecule has 3 aromatic rings. The van der Waals surface area contributed by atoms with Gasteiger partial charge in [-0.2, -0.15) is 5.10 Å². The van der Waals surface area contributed by atoms with Crippen molar-refractivity contribution >= 4 is 29.2 Å². The van der Waals surface area contributed by atoms with Gasteiger partial charge in [-0.25, -0.2) is 5.01 Å². The first kappa shape index (κ1) is 21.6. The number of benzene rings is 2. The smallest absolute Gasteiger partial charge is 0.281 e. The van der Waals surface area contributed by atoms with Gasteiger partial charge in [-0.15, -0.1) is 11.3 Å². The highest BCUT2D eigenvalue weighted by molar-refractivity contribution is 7.10. The van der Waals surface area contributed by atoms with Gasteiger partial charge in [0.25, 0.3) is 5.91 Å². The van der Waals surface area contributed by atoms with Gasteiger partial charge < -0.3 is 14.2 Å². The molecule has 7 nitrogen and oxygen atoms in total. The van der Waals surface area contributed by atoms with Crippen LogP contribution in [-0.2, 0) is 4.79 Å².